The molecular formula is C23H35N3O2. The Kier molecular flexibility index (Phi) is 9.73. The first kappa shape index (κ1) is 22.1. The maximum atomic E-state index is 12.4. The highest BCUT2D eigenvalue weighted by Crippen LogP contribution is 2.25. The van der Waals surface area contributed by atoms with Crippen LogP contribution in [0, 0.1) is 5.92 Å². The third kappa shape index (κ3) is 7.83. The summed E-state index contributed by atoms with van der Waals surface area (Å²) in [6.07, 6.45) is 11.6. The summed E-state index contributed by atoms with van der Waals surface area (Å²) < 4.78 is 0. The van der Waals surface area contributed by atoms with Crippen molar-refractivity contribution in [1.29, 1.82) is 0 Å². The first-order chi connectivity index (χ1) is 13.6. The molecule has 0 aromatic heterocycles. The van der Waals surface area contributed by atoms with Crippen molar-refractivity contribution in [2.45, 2.75) is 84.5 Å². The second-order valence-electron chi connectivity index (χ2n) is 7.80. The molecule has 0 unspecified atom stereocenters. The smallest absolute Gasteiger partial charge is 0.240 e. The van der Waals surface area contributed by atoms with Gasteiger partial charge in [0.2, 0.25) is 11.8 Å². The zero-order valence-corrected chi connectivity index (χ0v) is 17.4. The fourth-order valence-corrected chi connectivity index (χ4v) is 3.59. The number of hydrazone groups is 1. The molecule has 0 radical (unpaired) electrons. The number of hydrogen-bond acceptors (Lipinski definition) is 3. The van der Waals surface area contributed by atoms with Crippen molar-refractivity contribution in [2.24, 2.45) is 11.0 Å². The van der Waals surface area contributed by atoms with Crippen molar-refractivity contribution >= 4 is 23.2 Å². The summed E-state index contributed by atoms with van der Waals surface area (Å²) in [6, 6.07) is 7.65. The predicted octanol–water partition coefficient (Wildman–Crippen LogP) is 5.41. The molecule has 0 heterocycles. The summed E-state index contributed by atoms with van der Waals surface area (Å²) in [6.45, 7) is 4.05. The molecule has 0 spiro atoms. The first-order valence-electron chi connectivity index (χ1n) is 10.8. The van der Waals surface area contributed by atoms with Gasteiger partial charge in [-0.25, -0.2) is 5.43 Å². The molecule has 1 saturated carbocycles. The van der Waals surface area contributed by atoms with Crippen molar-refractivity contribution in [1.82, 2.24) is 5.43 Å². The molecule has 1 aliphatic carbocycles. The molecule has 1 fully saturated rings. The largest absolute Gasteiger partial charge is 0.326 e. The summed E-state index contributed by atoms with van der Waals surface area (Å²) in [5.74, 6) is 0.198. The normalized spacial score (nSPS) is 15.3. The lowest BCUT2D eigenvalue weighted by molar-refractivity contribution is -0.121. The maximum absolute atomic E-state index is 12.4. The van der Waals surface area contributed by atoms with E-state index >= 15 is 0 Å². The number of anilines is 1. The number of unbranched alkanes of at least 4 members (excludes halogenated alkanes) is 4. The van der Waals surface area contributed by atoms with Gasteiger partial charge in [0.05, 0.1) is 5.71 Å². The van der Waals surface area contributed by atoms with Crippen molar-refractivity contribution < 1.29 is 9.59 Å². The van der Waals surface area contributed by atoms with Gasteiger partial charge < -0.3 is 5.32 Å². The summed E-state index contributed by atoms with van der Waals surface area (Å²) in [4.78, 5) is 24.4. The van der Waals surface area contributed by atoms with E-state index in [2.05, 4.69) is 22.8 Å². The van der Waals surface area contributed by atoms with Gasteiger partial charge in [-0.2, -0.15) is 5.10 Å². The third-order valence-electron chi connectivity index (χ3n) is 5.38. The van der Waals surface area contributed by atoms with Crippen molar-refractivity contribution in [3.05, 3.63) is 29.8 Å². The van der Waals surface area contributed by atoms with Gasteiger partial charge in [0, 0.05) is 18.0 Å². The predicted molar refractivity (Wildman–Crippen MR) is 115 cm³/mol. The molecule has 28 heavy (non-hydrogen) atoms. The van der Waals surface area contributed by atoms with Gasteiger partial charge in [-0.3, -0.25) is 9.59 Å². The minimum Gasteiger partial charge on any atom is -0.326 e. The van der Waals surface area contributed by atoms with E-state index in [1.165, 1.54) is 25.7 Å². The van der Waals surface area contributed by atoms with E-state index in [4.69, 9.17) is 0 Å². The number of hydrogen-bond donors (Lipinski definition) is 2. The summed E-state index contributed by atoms with van der Waals surface area (Å²) in [5.41, 5.74) is 5.05. The van der Waals surface area contributed by atoms with Crippen LogP contribution in [0.5, 0.6) is 0 Å². The monoisotopic (exact) mass is 385 g/mol. The van der Waals surface area contributed by atoms with E-state index in [1.807, 2.05) is 31.2 Å². The van der Waals surface area contributed by atoms with Crippen molar-refractivity contribution in [2.75, 3.05) is 5.32 Å². The highest BCUT2D eigenvalue weighted by Gasteiger charge is 2.21. The Balaban J connectivity index is 1.83. The van der Waals surface area contributed by atoms with E-state index in [9.17, 15) is 9.59 Å². The summed E-state index contributed by atoms with van der Waals surface area (Å²) in [7, 11) is 0. The van der Waals surface area contributed by atoms with Crippen molar-refractivity contribution in [3.8, 4) is 0 Å². The molecule has 5 heteroatoms. The molecule has 5 nitrogen and oxygen atoms in total. The lowest BCUT2D eigenvalue weighted by atomic mass is 9.88. The van der Waals surface area contributed by atoms with Crippen LogP contribution >= 0.6 is 0 Å². The topological polar surface area (TPSA) is 70.6 Å². The van der Waals surface area contributed by atoms with Gasteiger partial charge in [-0.05, 0) is 43.9 Å². The average Bonchev–Trinajstić information content (AvgIpc) is 2.72. The van der Waals surface area contributed by atoms with E-state index in [-0.39, 0.29) is 17.7 Å². The molecule has 2 amide bonds. The Hall–Kier alpha value is -2.17. The molecule has 0 aliphatic heterocycles. The van der Waals surface area contributed by atoms with Crippen LogP contribution in [0.4, 0.5) is 5.69 Å². The van der Waals surface area contributed by atoms with E-state index in [0.29, 0.717) is 6.42 Å². The Bertz CT molecular complexity index is 664. The van der Waals surface area contributed by atoms with Gasteiger partial charge in [0.25, 0.3) is 0 Å². The van der Waals surface area contributed by atoms with Crippen LogP contribution in [0.2, 0.25) is 0 Å². The minimum absolute atomic E-state index is 0.0439. The molecule has 2 rings (SSSR count). The van der Waals surface area contributed by atoms with Gasteiger partial charge in [-0.1, -0.05) is 64.0 Å². The number of carbonyl (C=O) groups excluding carboxylic acids is 2. The number of amides is 2. The third-order valence-corrected chi connectivity index (χ3v) is 5.38. The van der Waals surface area contributed by atoms with Gasteiger partial charge >= 0.3 is 0 Å². The van der Waals surface area contributed by atoms with Gasteiger partial charge in [0.15, 0.2) is 0 Å². The fraction of sp³-hybridized carbons (Fsp3) is 0.609. The molecule has 1 aromatic rings. The van der Waals surface area contributed by atoms with Crippen LogP contribution in [0.15, 0.2) is 29.4 Å². The van der Waals surface area contributed by atoms with Gasteiger partial charge in [-0.15, -0.1) is 0 Å². The summed E-state index contributed by atoms with van der Waals surface area (Å²) >= 11 is 0. The van der Waals surface area contributed by atoms with Crippen LogP contribution in [-0.2, 0) is 9.59 Å². The Morgan fingerprint density at radius 3 is 2.57 bits per heavy atom. The van der Waals surface area contributed by atoms with E-state index in [1.54, 1.807) is 0 Å². The average molecular weight is 386 g/mol. The zero-order valence-electron chi connectivity index (χ0n) is 17.4. The standard InChI is InChI=1S/C23H35N3O2/c1-3-4-5-6-10-16-22(27)26-25-18(2)20-14-11-15-21(17-20)24-23(28)19-12-8-7-9-13-19/h11,14-15,17,19H,3-10,12-13,16H2,1-2H3,(H,24,28)(H,26,27). The first-order valence-corrected chi connectivity index (χ1v) is 10.8. The Labute approximate surface area is 169 Å². The molecule has 0 bridgehead atoms. The molecular weight excluding hydrogens is 350 g/mol. The van der Waals surface area contributed by atoms with Crippen LogP contribution in [0.1, 0.15) is 90.0 Å². The maximum Gasteiger partial charge on any atom is 0.240 e. The highest BCUT2D eigenvalue weighted by molar-refractivity contribution is 6.01. The van der Waals surface area contributed by atoms with Crippen LogP contribution in [0.25, 0.3) is 0 Å². The van der Waals surface area contributed by atoms with E-state index < -0.39 is 0 Å². The molecule has 2 N–H and O–H groups in total. The second-order valence-corrected chi connectivity index (χ2v) is 7.80. The highest BCUT2D eigenvalue weighted by atomic mass is 16.2. The quantitative estimate of drug-likeness (QED) is 0.321. The minimum atomic E-state index is -0.0439. The molecule has 0 atom stereocenters. The fourth-order valence-electron chi connectivity index (χ4n) is 3.59. The second kappa shape index (κ2) is 12.3. The summed E-state index contributed by atoms with van der Waals surface area (Å²) in [5, 5.41) is 7.26. The molecule has 1 aliphatic rings. The Morgan fingerprint density at radius 1 is 1.07 bits per heavy atom. The van der Waals surface area contributed by atoms with Gasteiger partial charge in [0.1, 0.15) is 0 Å². The number of nitrogens with one attached hydrogen (secondary N) is 2. The molecule has 154 valence electrons. The number of nitrogens with zero attached hydrogens (tertiary/aromatic N) is 1. The van der Waals surface area contributed by atoms with Crippen molar-refractivity contribution in [3.63, 3.8) is 0 Å². The lowest BCUT2D eigenvalue weighted by Gasteiger charge is -2.20. The SMILES string of the molecule is CCCCCCCC(=O)NN=C(C)c1cccc(NC(=O)C2CCCCC2)c1. The lowest BCUT2D eigenvalue weighted by Crippen LogP contribution is -2.24. The van der Waals surface area contributed by atoms with E-state index in [0.717, 1.165) is 55.5 Å². The van der Waals surface area contributed by atoms with Crippen LogP contribution in [0.3, 0.4) is 0 Å². The zero-order chi connectivity index (χ0) is 20.2. The molecule has 0 saturated heterocycles. The van der Waals surface area contributed by atoms with Crippen LogP contribution in [-0.4, -0.2) is 17.5 Å². The molecule has 1 aromatic carbocycles. The Morgan fingerprint density at radius 2 is 1.82 bits per heavy atom. The number of carbonyl (C=O) groups is 2. The number of rotatable bonds is 10. The number of benzene rings is 1. The van der Waals surface area contributed by atoms with Crippen LogP contribution < -0.4 is 10.7 Å².